The molecule has 1 aliphatic rings. The second kappa shape index (κ2) is 9.55. The monoisotopic (exact) mass is 446 g/mol. The highest BCUT2D eigenvalue weighted by molar-refractivity contribution is 7.13. The van der Waals surface area contributed by atoms with Crippen LogP contribution >= 0.6 is 22.9 Å². The largest absolute Gasteiger partial charge is 0.489 e. The molecule has 5 nitrogen and oxygen atoms in total. The topological polar surface area (TPSA) is 60.5 Å². The van der Waals surface area contributed by atoms with E-state index in [1.54, 1.807) is 23.6 Å². The lowest BCUT2D eigenvalue weighted by molar-refractivity contribution is 0.0854. The molecule has 4 rings (SSSR count). The smallest absolute Gasteiger partial charge is 0.270 e. The molecule has 156 valence electrons. The Kier molecular flexibility index (Phi) is 6.62. The Bertz CT molecular complexity index is 1040. The van der Waals surface area contributed by atoms with Gasteiger partial charge in [0.05, 0.1) is 6.10 Å². The van der Waals surface area contributed by atoms with Gasteiger partial charge in [-0.15, -0.1) is 11.3 Å². The number of nitrogens with one attached hydrogen (secondary N) is 1. The number of aromatic nitrogens is 1. The Hall–Kier alpha value is -2.48. The molecule has 1 amide bonds. The van der Waals surface area contributed by atoms with Crippen LogP contribution in [0.3, 0.4) is 0 Å². The summed E-state index contributed by atoms with van der Waals surface area (Å²) in [4.78, 5) is 16.6. The second-order valence-electron chi connectivity index (χ2n) is 6.90. The van der Waals surface area contributed by atoms with Crippen molar-refractivity contribution in [3.8, 4) is 16.3 Å². The van der Waals surface area contributed by atoms with Crippen molar-refractivity contribution >= 4 is 28.8 Å². The van der Waals surface area contributed by atoms with Gasteiger partial charge >= 0.3 is 0 Å². The van der Waals surface area contributed by atoms with Gasteiger partial charge in [0, 0.05) is 40.7 Å². The Morgan fingerprint density at radius 3 is 2.97 bits per heavy atom. The highest BCUT2D eigenvalue weighted by Gasteiger charge is 2.19. The molecule has 1 atom stereocenters. The summed E-state index contributed by atoms with van der Waals surface area (Å²) in [5, 5.41) is 5.49. The van der Waals surface area contributed by atoms with Crippen molar-refractivity contribution < 1.29 is 18.7 Å². The molecule has 3 aromatic rings. The Morgan fingerprint density at radius 2 is 2.20 bits per heavy atom. The molecule has 1 aliphatic heterocycles. The van der Waals surface area contributed by atoms with Gasteiger partial charge in [0.2, 0.25) is 0 Å². The number of carbonyl (C=O) groups is 1. The first-order chi connectivity index (χ1) is 14.6. The summed E-state index contributed by atoms with van der Waals surface area (Å²) in [6.45, 7) is 1.43. The summed E-state index contributed by atoms with van der Waals surface area (Å²) in [5.74, 6) is -0.359. The van der Waals surface area contributed by atoms with Gasteiger partial charge in [-0.05, 0) is 31.0 Å². The van der Waals surface area contributed by atoms with Crippen LogP contribution in [-0.2, 0) is 11.3 Å². The van der Waals surface area contributed by atoms with Crippen LogP contribution < -0.4 is 10.1 Å². The van der Waals surface area contributed by atoms with Gasteiger partial charge in [-0.3, -0.25) is 4.79 Å². The van der Waals surface area contributed by atoms with E-state index >= 15 is 0 Å². The molecule has 1 saturated heterocycles. The minimum atomic E-state index is -0.465. The molecule has 1 N–H and O–H groups in total. The van der Waals surface area contributed by atoms with Gasteiger partial charge in [-0.1, -0.05) is 29.8 Å². The third kappa shape index (κ3) is 4.98. The number of ether oxygens (including phenoxy) is 2. The molecule has 2 heterocycles. The number of rotatable bonds is 7. The molecule has 0 radical (unpaired) electrons. The van der Waals surface area contributed by atoms with Crippen LogP contribution in [0.15, 0.2) is 47.8 Å². The van der Waals surface area contributed by atoms with E-state index in [0.29, 0.717) is 27.9 Å². The predicted molar refractivity (Wildman–Crippen MR) is 115 cm³/mol. The third-order valence-electron chi connectivity index (χ3n) is 4.77. The molecule has 0 aliphatic carbocycles. The van der Waals surface area contributed by atoms with Crippen LogP contribution in [0, 0.1) is 5.82 Å². The quantitative estimate of drug-likeness (QED) is 0.549. The predicted octanol–water partition coefficient (Wildman–Crippen LogP) is 5.09. The number of halogens is 2. The van der Waals surface area contributed by atoms with Crippen molar-refractivity contribution in [2.45, 2.75) is 25.6 Å². The molecule has 30 heavy (non-hydrogen) atoms. The molecule has 8 heteroatoms. The number of amides is 1. The highest BCUT2D eigenvalue weighted by atomic mass is 35.5. The lowest BCUT2D eigenvalue weighted by Crippen LogP contribution is -2.31. The maximum Gasteiger partial charge on any atom is 0.270 e. The molecule has 0 spiro atoms. The van der Waals surface area contributed by atoms with E-state index in [9.17, 15) is 9.18 Å². The fraction of sp³-hybridized carbons (Fsp3) is 0.273. The maximum atomic E-state index is 14.6. The number of benzene rings is 2. The lowest BCUT2D eigenvalue weighted by atomic mass is 10.2. The van der Waals surface area contributed by atoms with Gasteiger partial charge in [0.1, 0.15) is 28.9 Å². The van der Waals surface area contributed by atoms with Crippen LogP contribution in [0.2, 0.25) is 5.02 Å². The van der Waals surface area contributed by atoms with E-state index in [0.717, 1.165) is 25.0 Å². The minimum Gasteiger partial charge on any atom is -0.489 e. The second-order valence-corrected chi connectivity index (χ2v) is 8.17. The summed E-state index contributed by atoms with van der Waals surface area (Å²) in [6.07, 6.45) is 2.01. The van der Waals surface area contributed by atoms with Crippen molar-refractivity contribution in [1.82, 2.24) is 10.3 Å². The van der Waals surface area contributed by atoms with Gasteiger partial charge in [0.25, 0.3) is 5.91 Å². The summed E-state index contributed by atoms with van der Waals surface area (Å²) in [6, 6.07) is 11.9. The van der Waals surface area contributed by atoms with Gasteiger partial charge < -0.3 is 14.8 Å². The Balaban J connectivity index is 1.39. The number of hydrogen-bond donors (Lipinski definition) is 1. The molecule has 0 bridgehead atoms. The van der Waals surface area contributed by atoms with E-state index in [1.807, 2.05) is 18.2 Å². The zero-order valence-electron chi connectivity index (χ0n) is 16.1. The fourth-order valence-electron chi connectivity index (χ4n) is 3.14. The van der Waals surface area contributed by atoms with Crippen LogP contribution in [0.25, 0.3) is 10.6 Å². The number of hydrogen-bond acceptors (Lipinski definition) is 5. The van der Waals surface area contributed by atoms with E-state index in [1.165, 1.54) is 17.4 Å². The van der Waals surface area contributed by atoms with Crippen LogP contribution in [0.1, 0.15) is 28.9 Å². The van der Waals surface area contributed by atoms with Gasteiger partial charge in [0.15, 0.2) is 0 Å². The van der Waals surface area contributed by atoms with Crippen molar-refractivity contribution in [2.24, 2.45) is 0 Å². The first-order valence-electron chi connectivity index (χ1n) is 9.61. The molecular weight excluding hydrogens is 427 g/mol. The molecular formula is C22H20ClFN2O3S. The Morgan fingerprint density at radius 1 is 1.33 bits per heavy atom. The summed E-state index contributed by atoms with van der Waals surface area (Å²) >= 11 is 7.33. The van der Waals surface area contributed by atoms with Gasteiger partial charge in [-0.2, -0.15) is 0 Å². The van der Waals surface area contributed by atoms with Crippen LogP contribution in [0.5, 0.6) is 5.75 Å². The van der Waals surface area contributed by atoms with Crippen LogP contribution in [-0.4, -0.2) is 30.1 Å². The lowest BCUT2D eigenvalue weighted by Gasteiger charge is -2.09. The zero-order valence-corrected chi connectivity index (χ0v) is 17.6. The van der Waals surface area contributed by atoms with E-state index in [4.69, 9.17) is 21.1 Å². The zero-order chi connectivity index (χ0) is 20.9. The first kappa shape index (κ1) is 20.8. The summed E-state index contributed by atoms with van der Waals surface area (Å²) in [5.41, 5.74) is 1.41. The van der Waals surface area contributed by atoms with Crippen molar-refractivity contribution in [1.29, 1.82) is 0 Å². The number of carbonyl (C=O) groups excluding carboxylic acids is 1. The average molecular weight is 447 g/mol. The molecule has 2 aromatic carbocycles. The number of nitrogens with zero attached hydrogens (tertiary/aromatic N) is 1. The fourth-order valence-corrected chi connectivity index (χ4v) is 4.16. The van der Waals surface area contributed by atoms with Gasteiger partial charge in [-0.25, -0.2) is 9.37 Å². The standard InChI is InChI=1S/C22H20ClFN2O3S/c23-18-6-2-1-4-14(18)12-29-15-7-8-17(19(24)10-15)22-26-20(13-30-22)21(27)25-11-16-5-3-9-28-16/h1-2,4,6-8,10,13,16H,3,5,9,11-12H2,(H,25,27)/t16-/m1/s1. The molecule has 1 aromatic heterocycles. The SMILES string of the molecule is O=C(NC[C@H]1CCCO1)c1csc(-c2ccc(OCc3ccccc3Cl)cc2F)n1. The Labute approximate surface area is 182 Å². The van der Waals surface area contributed by atoms with Crippen molar-refractivity contribution in [2.75, 3.05) is 13.2 Å². The maximum absolute atomic E-state index is 14.6. The van der Waals surface area contributed by atoms with E-state index < -0.39 is 5.82 Å². The first-order valence-corrected chi connectivity index (χ1v) is 10.9. The van der Waals surface area contributed by atoms with Crippen LogP contribution in [0.4, 0.5) is 4.39 Å². The van der Waals surface area contributed by atoms with E-state index in [-0.39, 0.29) is 24.3 Å². The molecule has 1 fully saturated rings. The molecule has 0 unspecified atom stereocenters. The molecule has 0 saturated carbocycles. The van der Waals surface area contributed by atoms with Crippen molar-refractivity contribution in [3.05, 3.63) is 69.9 Å². The normalized spacial score (nSPS) is 15.9. The summed E-state index contributed by atoms with van der Waals surface area (Å²) in [7, 11) is 0. The van der Waals surface area contributed by atoms with E-state index in [2.05, 4.69) is 10.3 Å². The highest BCUT2D eigenvalue weighted by Crippen LogP contribution is 2.29. The average Bonchev–Trinajstić information content (AvgIpc) is 3.44. The van der Waals surface area contributed by atoms with Crippen molar-refractivity contribution in [3.63, 3.8) is 0 Å². The third-order valence-corrected chi connectivity index (χ3v) is 6.02. The minimum absolute atomic E-state index is 0.0582. The summed E-state index contributed by atoms with van der Waals surface area (Å²) < 4.78 is 25.8. The number of thiazole rings is 1.